The monoisotopic (exact) mass is 426 g/mol. The van der Waals surface area contributed by atoms with Crippen LogP contribution in [0, 0.1) is 0 Å². The van der Waals surface area contributed by atoms with Crippen LogP contribution in [0.3, 0.4) is 0 Å². The first-order chi connectivity index (χ1) is 12.9. The fourth-order valence-electron chi connectivity index (χ4n) is 2.30. The summed E-state index contributed by atoms with van der Waals surface area (Å²) in [6.45, 7) is 0. The molecule has 0 saturated carbocycles. The molecule has 0 fully saturated rings. The van der Waals surface area contributed by atoms with Crippen molar-refractivity contribution in [1.29, 1.82) is 0 Å². The summed E-state index contributed by atoms with van der Waals surface area (Å²) in [5, 5.41) is 3.41. The summed E-state index contributed by atoms with van der Waals surface area (Å²) in [5.74, 6) is -4.28. The Morgan fingerprint density at radius 2 is 1.64 bits per heavy atom. The van der Waals surface area contributed by atoms with Gasteiger partial charge in [0.25, 0.3) is 0 Å². The number of amides is 2. The number of rotatable bonds is 2. The minimum Gasteiger partial charge on any atom is -0.424 e. The van der Waals surface area contributed by atoms with E-state index in [0.29, 0.717) is 6.07 Å². The lowest BCUT2D eigenvalue weighted by atomic mass is 10.2. The van der Waals surface area contributed by atoms with Crippen molar-refractivity contribution in [2.45, 2.75) is 18.3 Å². The number of urea groups is 1. The fraction of sp³-hybridized carbons (Fsp3) is 0.188. The Hall–Kier alpha value is -2.82. The van der Waals surface area contributed by atoms with E-state index in [4.69, 9.17) is 21.1 Å². The molecule has 1 aliphatic heterocycles. The van der Waals surface area contributed by atoms with Gasteiger partial charge < -0.3 is 14.8 Å². The van der Waals surface area contributed by atoms with Gasteiger partial charge in [-0.15, -0.1) is 0 Å². The highest BCUT2D eigenvalue weighted by Gasteiger charge is 2.65. The minimum atomic E-state index is -5.23. The summed E-state index contributed by atoms with van der Waals surface area (Å²) in [6, 6.07) is 5.26. The van der Waals surface area contributed by atoms with Gasteiger partial charge in [0.15, 0.2) is 11.5 Å². The molecule has 0 bridgehead atoms. The number of nitrogens with one attached hydrogen (secondary N) is 2. The van der Waals surface area contributed by atoms with Crippen molar-refractivity contribution >= 4 is 23.3 Å². The predicted molar refractivity (Wildman–Crippen MR) is 85.1 cm³/mol. The molecule has 1 heterocycles. The first-order valence-electron chi connectivity index (χ1n) is 7.40. The molecule has 2 amide bonds. The lowest BCUT2D eigenvalue weighted by molar-refractivity contribution is -0.317. The zero-order valence-electron chi connectivity index (χ0n) is 13.4. The molecule has 2 aromatic carbocycles. The van der Waals surface area contributed by atoms with E-state index in [1.807, 2.05) is 5.32 Å². The Kier molecular flexibility index (Phi) is 4.74. The Morgan fingerprint density at radius 3 is 2.29 bits per heavy atom. The van der Waals surface area contributed by atoms with E-state index in [0.717, 1.165) is 30.3 Å². The van der Waals surface area contributed by atoms with Gasteiger partial charge >= 0.3 is 24.3 Å². The number of anilines is 1. The molecule has 0 aliphatic carbocycles. The second kappa shape index (κ2) is 6.66. The number of hydrogen-bond donors (Lipinski definition) is 2. The molecule has 150 valence electrons. The van der Waals surface area contributed by atoms with Crippen molar-refractivity contribution in [3.05, 3.63) is 53.1 Å². The number of halogens is 7. The lowest BCUT2D eigenvalue weighted by Gasteiger charge is -2.29. The smallest absolute Gasteiger partial charge is 0.424 e. The molecule has 5 nitrogen and oxygen atoms in total. The van der Waals surface area contributed by atoms with Crippen molar-refractivity contribution in [1.82, 2.24) is 5.32 Å². The number of carbonyl (C=O) groups is 1. The minimum absolute atomic E-state index is 0.0636. The molecule has 2 N–H and O–H groups in total. The average molecular weight is 427 g/mol. The van der Waals surface area contributed by atoms with Gasteiger partial charge in [-0.1, -0.05) is 17.7 Å². The number of carbonyl (C=O) groups excluding carboxylic acids is 1. The van der Waals surface area contributed by atoms with Crippen LogP contribution in [0.2, 0.25) is 5.02 Å². The van der Waals surface area contributed by atoms with Crippen molar-refractivity contribution in [3.63, 3.8) is 0 Å². The maximum Gasteiger partial charge on any atom is 0.492 e. The van der Waals surface area contributed by atoms with E-state index in [2.05, 4.69) is 0 Å². The molecule has 28 heavy (non-hydrogen) atoms. The van der Waals surface area contributed by atoms with Crippen LogP contribution >= 0.6 is 11.6 Å². The van der Waals surface area contributed by atoms with Crippen LogP contribution in [0.1, 0.15) is 5.56 Å². The van der Waals surface area contributed by atoms with E-state index in [1.165, 1.54) is 11.4 Å². The number of hydrogen-bond acceptors (Lipinski definition) is 3. The highest BCUT2D eigenvalue weighted by molar-refractivity contribution is 6.30. The van der Waals surface area contributed by atoms with E-state index in [9.17, 15) is 31.1 Å². The Balaban J connectivity index is 1.81. The van der Waals surface area contributed by atoms with E-state index in [-0.39, 0.29) is 22.2 Å². The molecular weight excluding hydrogens is 418 g/mol. The molecule has 1 aliphatic rings. The number of fused-ring (bicyclic) bond motifs is 1. The van der Waals surface area contributed by atoms with Gasteiger partial charge in [-0.25, -0.2) is 4.79 Å². The molecule has 0 unspecified atom stereocenters. The van der Waals surface area contributed by atoms with Gasteiger partial charge in [-0.2, -0.15) is 26.3 Å². The molecule has 12 heteroatoms. The Labute approximate surface area is 158 Å². The van der Waals surface area contributed by atoms with Crippen LogP contribution in [0.25, 0.3) is 0 Å². The summed E-state index contributed by atoms with van der Waals surface area (Å²) in [6.07, 6.45) is -9.93. The zero-order valence-corrected chi connectivity index (χ0v) is 14.2. The number of benzene rings is 2. The summed E-state index contributed by atoms with van der Waals surface area (Å²) in [7, 11) is 0. The van der Waals surface area contributed by atoms with Crippen molar-refractivity contribution in [2.75, 3.05) is 5.32 Å². The van der Waals surface area contributed by atoms with Crippen LogP contribution in [0.5, 0.6) is 11.5 Å². The molecule has 2 aromatic rings. The maximum atomic E-state index is 13.5. The quantitative estimate of drug-likeness (QED) is 0.652. The first-order valence-corrected chi connectivity index (χ1v) is 7.78. The average Bonchev–Trinajstić information content (AvgIpc) is 2.92. The Bertz CT molecular complexity index is 918. The number of ether oxygens (including phenoxy) is 2. The highest BCUT2D eigenvalue weighted by atomic mass is 35.5. The number of alkyl halides is 6. The summed E-state index contributed by atoms with van der Waals surface area (Å²) < 4.78 is 88.2. The van der Waals surface area contributed by atoms with Crippen LogP contribution in [0.15, 0.2) is 42.5 Å². The van der Waals surface area contributed by atoms with E-state index < -0.39 is 29.9 Å². The van der Waals surface area contributed by atoms with Crippen molar-refractivity contribution < 1.29 is 40.6 Å². The largest absolute Gasteiger partial charge is 0.492 e. The molecule has 0 spiro atoms. The molecule has 3 rings (SSSR count). The van der Waals surface area contributed by atoms with Crippen molar-refractivity contribution in [2.24, 2.45) is 0 Å². The molecule has 1 atom stereocenters. The lowest BCUT2D eigenvalue weighted by Crippen LogP contribution is -2.65. The molecule has 0 aromatic heterocycles. The van der Waals surface area contributed by atoms with Gasteiger partial charge in [0.05, 0.1) is 5.56 Å². The van der Waals surface area contributed by atoms with Crippen LogP contribution < -0.4 is 20.1 Å². The molecule has 0 radical (unpaired) electrons. The summed E-state index contributed by atoms with van der Waals surface area (Å²) in [4.78, 5) is 12.0. The summed E-state index contributed by atoms with van der Waals surface area (Å²) in [5.41, 5.74) is -1.48. The fourth-order valence-corrected chi connectivity index (χ4v) is 2.46. The zero-order chi connectivity index (χ0) is 20.7. The third-order valence-electron chi connectivity index (χ3n) is 3.51. The Morgan fingerprint density at radius 1 is 0.964 bits per heavy atom. The van der Waals surface area contributed by atoms with Gasteiger partial charge in [-0.05, 0) is 30.3 Å². The van der Waals surface area contributed by atoms with E-state index >= 15 is 0 Å². The van der Waals surface area contributed by atoms with Gasteiger partial charge in [0.1, 0.15) is 0 Å². The SMILES string of the molecule is O=C(Nc1cccc(C(F)(F)F)c1)N[C@@]1(C(F)(F)F)Oc2ccc(Cl)cc2O1. The van der Waals surface area contributed by atoms with Crippen molar-refractivity contribution in [3.8, 4) is 11.5 Å². The summed E-state index contributed by atoms with van der Waals surface area (Å²) >= 11 is 5.69. The second-order valence-corrected chi connectivity index (χ2v) is 6.00. The molecular formula is C16H9ClF6N2O3. The van der Waals surface area contributed by atoms with Crippen LogP contribution in [0.4, 0.5) is 36.8 Å². The predicted octanol–water partition coefficient (Wildman–Crippen LogP) is 5.17. The third-order valence-corrected chi connectivity index (χ3v) is 3.75. The highest BCUT2D eigenvalue weighted by Crippen LogP contribution is 2.46. The molecule has 0 saturated heterocycles. The van der Waals surface area contributed by atoms with Gasteiger partial charge in [0, 0.05) is 16.8 Å². The first kappa shape index (κ1) is 19.9. The normalized spacial score (nSPS) is 18.7. The van der Waals surface area contributed by atoms with Crippen LogP contribution in [-0.4, -0.2) is 18.1 Å². The standard InChI is InChI=1S/C16H9ClF6N2O3/c17-9-4-5-11-12(7-9)28-16(27-11,15(21,22)23)25-13(26)24-10-3-1-2-8(6-10)14(18,19)20/h1-7H,(H2,24,25,26)/t16-/m0/s1. The van der Waals surface area contributed by atoms with Gasteiger partial charge in [0.2, 0.25) is 0 Å². The second-order valence-electron chi connectivity index (χ2n) is 5.57. The van der Waals surface area contributed by atoms with E-state index in [1.54, 1.807) is 0 Å². The maximum absolute atomic E-state index is 13.5. The van der Waals surface area contributed by atoms with Gasteiger partial charge in [-0.3, -0.25) is 5.32 Å². The third kappa shape index (κ3) is 3.88. The van der Waals surface area contributed by atoms with Crippen LogP contribution in [-0.2, 0) is 6.18 Å². The topological polar surface area (TPSA) is 59.6 Å².